The van der Waals surface area contributed by atoms with E-state index in [2.05, 4.69) is 10.6 Å². The van der Waals surface area contributed by atoms with E-state index in [1.807, 2.05) is 0 Å². The molecule has 1 aromatic carbocycles. The Balaban J connectivity index is 1.64. The molecule has 1 saturated heterocycles. The molecule has 2 heterocycles. The summed E-state index contributed by atoms with van der Waals surface area (Å²) in [6.45, 7) is 3.25. The van der Waals surface area contributed by atoms with Gasteiger partial charge in [0.1, 0.15) is 12.6 Å². The molecule has 0 aromatic heterocycles. The maximum Gasteiger partial charge on any atom is 0.322 e. The monoisotopic (exact) mass is 405 g/mol. The summed E-state index contributed by atoms with van der Waals surface area (Å²) in [5.74, 6) is -2.12. The molecule has 10 heteroatoms. The highest BCUT2D eigenvalue weighted by Crippen LogP contribution is 2.37. The maximum absolute atomic E-state index is 12.7. The van der Waals surface area contributed by atoms with E-state index in [1.54, 1.807) is 32.0 Å². The van der Waals surface area contributed by atoms with Crippen LogP contribution >= 0.6 is 0 Å². The third-order valence-corrected chi connectivity index (χ3v) is 4.82. The SMILES string of the molecule is CC(C)C(NC(=O)C1CC(=O)N(c2ccc3c(c2)OCO3)C1)C(=O)NCC(=O)O. The zero-order chi connectivity index (χ0) is 21.1. The van der Waals surface area contributed by atoms with Crippen molar-refractivity contribution in [2.45, 2.75) is 26.3 Å². The van der Waals surface area contributed by atoms with Gasteiger partial charge in [0.05, 0.1) is 5.92 Å². The standard InChI is InChI=1S/C19H23N3O7/c1-10(2)17(19(27)20-7-16(24)25)21-18(26)11-5-15(23)22(8-11)12-3-4-13-14(6-12)29-9-28-13/h3-4,6,10-11,17H,5,7-9H2,1-2H3,(H,20,27)(H,21,26)(H,24,25). The van der Waals surface area contributed by atoms with Crippen LogP contribution in [0.15, 0.2) is 18.2 Å². The summed E-state index contributed by atoms with van der Waals surface area (Å²) in [6.07, 6.45) is 0.0157. The van der Waals surface area contributed by atoms with Crippen LogP contribution in [0.2, 0.25) is 0 Å². The topological polar surface area (TPSA) is 134 Å². The lowest BCUT2D eigenvalue weighted by Crippen LogP contribution is -2.52. The summed E-state index contributed by atoms with van der Waals surface area (Å²) in [4.78, 5) is 49.5. The van der Waals surface area contributed by atoms with Crippen LogP contribution in [0.1, 0.15) is 20.3 Å². The number of carbonyl (C=O) groups is 4. The maximum atomic E-state index is 12.7. The van der Waals surface area contributed by atoms with Gasteiger partial charge in [0, 0.05) is 24.7 Å². The fourth-order valence-electron chi connectivity index (χ4n) is 3.26. The molecular weight excluding hydrogens is 382 g/mol. The fraction of sp³-hybridized carbons (Fsp3) is 0.474. The fourth-order valence-corrected chi connectivity index (χ4v) is 3.26. The van der Waals surface area contributed by atoms with E-state index >= 15 is 0 Å². The number of rotatable bonds is 7. The minimum absolute atomic E-state index is 0.0157. The Hall–Kier alpha value is -3.30. The lowest BCUT2D eigenvalue weighted by molar-refractivity contribution is -0.138. The zero-order valence-electron chi connectivity index (χ0n) is 16.1. The van der Waals surface area contributed by atoms with E-state index in [0.717, 1.165) is 0 Å². The first-order chi connectivity index (χ1) is 13.8. The van der Waals surface area contributed by atoms with Crippen molar-refractivity contribution < 1.29 is 33.8 Å². The average molecular weight is 405 g/mol. The van der Waals surface area contributed by atoms with Gasteiger partial charge in [0.15, 0.2) is 11.5 Å². The normalized spacial score (nSPS) is 18.7. The van der Waals surface area contributed by atoms with Crippen molar-refractivity contribution in [1.29, 1.82) is 0 Å². The van der Waals surface area contributed by atoms with Gasteiger partial charge in [-0.3, -0.25) is 19.2 Å². The second-order valence-corrected chi connectivity index (χ2v) is 7.28. The van der Waals surface area contributed by atoms with Gasteiger partial charge in [0.25, 0.3) is 0 Å². The number of anilines is 1. The molecule has 3 N–H and O–H groups in total. The Kier molecular flexibility index (Phi) is 5.90. The molecule has 156 valence electrons. The van der Waals surface area contributed by atoms with Gasteiger partial charge < -0.3 is 30.1 Å². The summed E-state index contributed by atoms with van der Waals surface area (Å²) in [5, 5.41) is 13.6. The van der Waals surface area contributed by atoms with Gasteiger partial charge in [-0.05, 0) is 18.1 Å². The van der Waals surface area contributed by atoms with Crippen LogP contribution in [-0.4, -0.2) is 54.7 Å². The first-order valence-corrected chi connectivity index (χ1v) is 9.26. The summed E-state index contributed by atoms with van der Waals surface area (Å²) in [6, 6.07) is 4.23. The zero-order valence-corrected chi connectivity index (χ0v) is 16.1. The molecule has 0 bridgehead atoms. The number of benzene rings is 1. The van der Waals surface area contributed by atoms with E-state index < -0.39 is 36.3 Å². The van der Waals surface area contributed by atoms with E-state index in [-0.39, 0.29) is 31.6 Å². The Labute approximate surface area is 167 Å². The third kappa shape index (κ3) is 4.58. The average Bonchev–Trinajstić information content (AvgIpc) is 3.29. The molecule has 3 amide bonds. The molecule has 0 saturated carbocycles. The number of nitrogens with one attached hydrogen (secondary N) is 2. The van der Waals surface area contributed by atoms with Crippen molar-refractivity contribution >= 4 is 29.4 Å². The number of nitrogens with zero attached hydrogens (tertiary/aromatic N) is 1. The highest BCUT2D eigenvalue weighted by molar-refractivity contribution is 6.01. The number of fused-ring (bicyclic) bond motifs is 1. The first kappa shape index (κ1) is 20.4. The highest BCUT2D eigenvalue weighted by atomic mass is 16.7. The summed E-state index contributed by atoms with van der Waals surface area (Å²) in [7, 11) is 0. The van der Waals surface area contributed by atoms with Crippen LogP contribution in [0, 0.1) is 11.8 Å². The summed E-state index contributed by atoms with van der Waals surface area (Å²) >= 11 is 0. The highest BCUT2D eigenvalue weighted by Gasteiger charge is 2.37. The Morgan fingerprint density at radius 3 is 2.66 bits per heavy atom. The van der Waals surface area contributed by atoms with Gasteiger partial charge in [-0.15, -0.1) is 0 Å². The third-order valence-electron chi connectivity index (χ3n) is 4.82. The van der Waals surface area contributed by atoms with Gasteiger partial charge in [0.2, 0.25) is 24.5 Å². The van der Waals surface area contributed by atoms with Crippen molar-refractivity contribution in [1.82, 2.24) is 10.6 Å². The Morgan fingerprint density at radius 1 is 1.24 bits per heavy atom. The van der Waals surface area contributed by atoms with Gasteiger partial charge in [-0.2, -0.15) is 0 Å². The number of carboxylic acid groups (broad SMARTS) is 1. The van der Waals surface area contributed by atoms with E-state index in [9.17, 15) is 19.2 Å². The Morgan fingerprint density at radius 2 is 1.97 bits per heavy atom. The van der Waals surface area contributed by atoms with Crippen molar-refractivity contribution in [3.63, 3.8) is 0 Å². The molecule has 2 atom stereocenters. The van der Waals surface area contributed by atoms with Crippen LogP contribution in [-0.2, 0) is 19.2 Å². The molecule has 0 radical (unpaired) electrons. The predicted octanol–water partition coefficient (Wildman–Crippen LogP) is 0.110. The second kappa shape index (κ2) is 8.38. The quantitative estimate of drug-likeness (QED) is 0.586. The Bertz CT molecular complexity index is 839. The molecule has 1 aromatic rings. The molecule has 3 rings (SSSR count). The van der Waals surface area contributed by atoms with E-state index in [4.69, 9.17) is 14.6 Å². The van der Waals surface area contributed by atoms with Crippen LogP contribution in [0.25, 0.3) is 0 Å². The smallest absolute Gasteiger partial charge is 0.322 e. The number of ether oxygens (including phenoxy) is 2. The first-order valence-electron chi connectivity index (χ1n) is 9.26. The molecule has 10 nitrogen and oxygen atoms in total. The number of aliphatic carboxylic acids is 1. The summed E-state index contributed by atoms with van der Waals surface area (Å²) in [5.41, 5.74) is 0.606. The molecular formula is C19H23N3O7. The molecule has 2 aliphatic rings. The molecule has 0 aliphatic carbocycles. The predicted molar refractivity (Wildman–Crippen MR) is 100 cm³/mol. The van der Waals surface area contributed by atoms with Gasteiger partial charge in [-0.25, -0.2) is 0 Å². The van der Waals surface area contributed by atoms with Crippen LogP contribution in [0.4, 0.5) is 5.69 Å². The largest absolute Gasteiger partial charge is 0.480 e. The summed E-state index contributed by atoms with van der Waals surface area (Å²) < 4.78 is 10.6. The van der Waals surface area contributed by atoms with Crippen molar-refractivity contribution in [3.05, 3.63) is 18.2 Å². The lowest BCUT2D eigenvalue weighted by Gasteiger charge is -2.23. The van der Waals surface area contributed by atoms with Crippen molar-refractivity contribution in [2.75, 3.05) is 24.8 Å². The van der Waals surface area contributed by atoms with E-state index in [1.165, 1.54) is 4.90 Å². The van der Waals surface area contributed by atoms with E-state index in [0.29, 0.717) is 17.2 Å². The molecule has 2 aliphatic heterocycles. The van der Waals surface area contributed by atoms with Crippen LogP contribution in [0.3, 0.4) is 0 Å². The lowest BCUT2D eigenvalue weighted by atomic mass is 10.0. The molecule has 0 spiro atoms. The number of carboxylic acids is 1. The molecule has 1 fully saturated rings. The minimum atomic E-state index is -1.17. The molecule has 29 heavy (non-hydrogen) atoms. The van der Waals surface area contributed by atoms with Crippen molar-refractivity contribution in [3.8, 4) is 11.5 Å². The minimum Gasteiger partial charge on any atom is -0.480 e. The van der Waals surface area contributed by atoms with Crippen molar-refractivity contribution in [2.24, 2.45) is 11.8 Å². The van der Waals surface area contributed by atoms with Crippen LogP contribution < -0.4 is 25.0 Å². The second-order valence-electron chi connectivity index (χ2n) is 7.28. The van der Waals surface area contributed by atoms with Gasteiger partial charge >= 0.3 is 5.97 Å². The van der Waals surface area contributed by atoms with Crippen LogP contribution in [0.5, 0.6) is 11.5 Å². The number of hydrogen-bond acceptors (Lipinski definition) is 6. The van der Waals surface area contributed by atoms with Gasteiger partial charge in [-0.1, -0.05) is 13.8 Å². The number of amides is 3. The number of carbonyl (C=O) groups excluding carboxylic acids is 3. The molecule has 2 unspecified atom stereocenters. The number of hydrogen-bond donors (Lipinski definition) is 3.